The second-order valence-corrected chi connectivity index (χ2v) is 3.44. The van der Waals surface area contributed by atoms with Gasteiger partial charge in [0.1, 0.15) is 5.75 Å². The minimum atomic E-state index is -0.512. The molecule has 0 fully saturated rings. The normalized spacial score (nSPS) is 9.71. The number of carbonyl (C=O) groups is 1. The fraction of sp³-hybridized carbons (Fsp3) is 0. The molecule has 0 heterocycles. The molecule has 86 valence electrons. The van der Waals surface area contributed by atoms with Gasteiger partial charge in [0.15, 0.2) is 0 Å². The molecule has 0 unspecified atom stereocenters. The maximum absolute atomic E-state index is 11.8. The highest BCUT2D eigenvalue weighted by Crippen LogP contribution is 2.15. The highest BCUT2D eigenvalue weighted by Gasteiger charge is 2.06. The number of anilines is 1. The van der Waals surface area contributed by atoms with Crippen molar-refractivity contribution in [2.75, 3.05) is 4.90 Å². The van der Waals surface area contributed by atoms with Gasteiger partial charge in [0.2, 0.25) is 0 Å². The number of benzene rings is 2. The van der Waals surface area contributed by atoms with E-state index in [-0.39, 0.29) is 0 Å². The molecule has 0 aromatic heterocycles. The summed E-state index contributed by atoms with van der Waals surface area (Å²) in [5.41, 5.74) is 0.688. The summed E-state index contributed by atoms with van der Waals surface area (Å²) in [5, 5.41) is 0. The van der Waals surface area contributed by atoms with E-state index in [0.717, 1.165) is 0 Å². The van der Waals surface area contributed by atoms with Crippen LogP contribution in [-0.2, 0) is 0 Å². The second kappa shape index (κ2) is 5.16. The van der Waals surface area contributed by atoms with Gasteiger partial charge in [-0.15, -0.1) is 0 Å². The zero-order valence-corrected chi connectivity index (χ0v) is 9.24. The fourth-order valence-electron chi connectivity index (χ4n) is 1.36. The van der Waals surface area contributed by atoms with Crippen molar-refractivity contribution in [3.8, 4) is 5.75 Å². The monoisotopic (exact) mass is 226 g/mol. The van der Waals surface area contributed by atoms with Crippen molar-refractivity contribution in [3.63, 3.8) is 0 Å². The van der Waals surface area contributed by atoms with E-state index in [1.165, 1.54) is 4.90 Å². The van der Waals surface area contributed by atoms with Gasteiger partial charge in [-0.25, -0.2) is 11.8 Å². The summed E-state index contributed by atoms with van der Waals surface area (Å²) in [6, 6.07) is 18.0. The van der Waals surface area contributed by atoms with Crippen molar-refractivity contribution < 1.29 is 9.53 Å². The van der Waals surface area contributed by atoms with E-state index in [9.17, 15) is 4.79 Å². The van der Waals surface area contributed by atoms with Crippen LogP contribution < -0.4 is 9.64 Å². The van der Waals surface area contributed by atoms with E-state index in [1.54, 1.807) is 36.4 Å². The number of para-hydroxylation sites is 2. The molecular weight excluding hydrogens is 214 g/mol. The van der Waals surface area contributed by atoms with Crippen molar-refractivity contribution in [3.05, 3.63) is 67.7 Å². The molecule has 17 heavy (non-hydrogen) atoms. The lowest BCUT2D eigenvalue weighted by Crippen LogP contribution is -2.27. The Labute approximate surface area is 100 Å². The van der Waals surface area contributed by atoms with Crippen molar-refractivity contribution in [1.29, 1.82) is 0 Å². The van der Waals surface area contributed by atoms with Crippen LogP contribution in [0.3, 0.4) is 0 Å². The standard InChI is InChI=1S/C14H12NO2/c1-15(12-8-4-2-5-9-12)14(16)17-13-10-6-3-7-11-13/h2-11H,1H2/q-1. The molecule has 2 aromatic carbocycles. The highest BCUT2D eigenvalue weighted by atomic mass is 16.6. The largest absolute Gasteiger partial charge is 0.432 e. The molecule has 3 nitrogen and oxygen atoms in total. The lowest BCUT2D eigenvalue weighted by Gasteiger charge is -2.24. The van der Waals surface area contributed by atoms with Crippen molar-refractivity contribution in [2.24, 2.45) is 0 Å². The van der Waals surface area contributed by atoms with E-state index in [4.69, 9.17) is 4.74 Å². The van der Waals surface area contributed by atoms with Crippen LogP contribution in [0.15, 0.2) is 60.7 Å². The number of ether oxygens (including phenoxy) is 1. The summed E-state index contributed by atoms with van der Waals surface area (Å²) >= 11 is 0. The third-order valence-corrected chi connectivity index (χ3v) is 2.24. The van der Waals surface area contributed by atoms with Gasteiger partial charge in [-0.3, -0.25) is 0 Å². The maximum Gasteiger partial charge on any atom is 0.389 e. The predicted octanol–water partition coefficient (Wildman–Crippen LogP) is 3.48. The average Bonchev–Trinajstić information content (AvgIpc) is 2.40. The molecule has 2 rings (SSSR count). The zero-order chi connectivity index (χ0) is 12.1. The van der Waals surface area contributed by atoms with Gasteiger partial charge < -0.3 is 9.64 Å². The first-order valence-corrected chi connectivity index (χ1v) is 5.20. The molecule has 1 amide bonds. The summed E-state index contributed by atoms with van der Waals surface area (Å²) in [4.78, 5) is 13.0. The Kier molecular flexibility index (Phi) is 3.40. The fourth-order valence-corrected chi connectivity index (χ4v) is 1.36. The van der Waals surface area contributed by atoms with Crippen LogP contribution in [0, 0.1) is 7.05 Å². The Balaban J connectivity index is 2.06. The summed E-state index contributed by atoms with van der Waals surface area (Å²) < 4.78 is 5.16. The number of rotatable bonds is 2. The quantitative estimate of drug-likeness (QED) is 0.733. The van der Waals surface area contributed by atoms with Crippen LogP contribution in [0.1, 0.15) is 0 Å². The Hall–Kier alpha value is -2.29. The van der Waals surface area contributed by atoms with Crippen LogP contribution in [0.25, 0.3) is 0 Å². The Morgan fingerprint density at radius 2 is 1.47 bits per heavy atom. The molecular formula is C14H12NO2-. The first kappa shape index (κ1) is 11.2. The Morgan fingerprint density at radius 3 is 2.06 bits per heavy atom. The first-order valence-electron chi connectivity index (χ1n) is 5.20. The lowest BCUT2D eigenvalue weighted by molar-refractivity contribution is 0.210. The third-order valence-electron chi connectivity index (χ3n) is 2.24. The van der Waals surface area contributed by atoms with Crippen molar-refractivity contribution >= 4 is 11.8 Å². The molecule has 0 spiro atoms. The molecule has 2 aromatic rings. The van der Waals surface area contributed by atoms with Gasteiger partial charge in [-0.1, -0.05) is 36.4 Å². The Bertz CT molecular complexity index is 482. The smallest absolute Gasteiger partial charge is 0.389 e. The molecule has 0 atom stereocenters. The minimum absolute atomic E-state index is 0.502. The van der Waals surface area contributed by atoms with Crippen LogP contribution in [-0.4, -0.2) is 6.09 Å². The average molecular weight is 226 g/mol. The maximum atomic E-state index is 11.8. The molecule has 0 radical (unpaired) electrons. The number of hydrogen-bond acceptors (Lipinski definition) is 2. The summed E-state index contributed by atoms with van der Waals surface area (Å²) in [6.07, 6.45) is -0.512. The van der Waals surface area contributed by atoms with Crippen molar-refractivity contribution in [1.82, 2.24) is 0 Å². The van der Waals surface area contributed by atoms with Crippen LogP contribution >= 0.6 is 0 Å². The van der Waals surface area contributed by atoms with E-state index < -0.39 is 6.09 Å². The first-order chi connectivity index (χ1) is 8.27. The van der Waals surface area contributed by atoms with Crippen LogP contribution in [0.2, 0.25) is 0 Å². The topological polar surface area (TPSA) is 29.5 Å². The van der Waals surface area contributed by atoms with E-state index in [1.807, 2.05) is 24.3 Å². The van der Waals surface area contributed by atoms with Gasteiger partial charge in [-0.2, -0.15) is 0 Å². The Morgan fingerprint density at radius 1 is 0.941 bits per heavy atom. The van der Waals surface area contributed by atoms with Crippen molar-refractivity contribution in [2.45, 2.75) is 0 Å². The van der Waals surface area contributed by atoms with E-state index in [2.05, 4.69) is 7.05 Å². The molecule has 0 aliphatic heterocycles. The van der Waals surface area contributed by atoms with Gasteiger partial charge >= 0.3 is 6.09 Å². The minimum Gasteiger partial charge on any atom is -0.432 e. The highest BCUT2D eigenvalue weighted by molar-refractivity contribution is 5.89. The van der Waals surface area contributed by atoms with Gasteiger partial charge in [0.25, 0.3) is 0 Å². The van der Waals surface area contributed by atoms with Crippen LogP contribution in [0.5, 0.6) is 5.75 Å². The molecule has 0 aliphatic carbocycles. The third kappa shape index (κ3) is 2.84. The van der Waals surface area contributed by atoms with Crippen LogP contribution in [0.4, 0.5) is 10.5 Å². The molecule has 0 saturated heterocycles. The van der Waals surface area contributed by atoms with E-state index in [0.29, 0.717) is 11.4 Å². The SMILES string of the molecule is [CH2-]N(C(=O)Oc1ccccc1)c1ccccc1. The summed E-state index contributed by atoms with van der Waals surface area (Å²) in [7, 11) is 3.66. The summed E-state index contributed by atoms with van der Waals surface area (Å²) in [6.45, 7) is 0. The summed E-state index contributed by atoms with van der Waals surface area (Å²) in [5.74, 6) is 0.502. The molecule has 0 N–H and O–H groups in total. The molecule has 0 saturated carbocycles. The van der Waals surface area contributed by atoms with E-state index >= 15 is 0 Å². The number of nitrogens with zero attached hydrogens (tertiary/aromatic N) is 1. The number of carbonyl (C=O) groups excluding carboxylic acids is 1. The number of amides is 1. The van der Waals surface area contributed by atoms with Gasteiger partial charge in [0.05, 0.1) is 0 Å². The number of hydrogen-bond donors (Lipinski definition) is 0. The zero-order valence-electron chi connectivity index (χ0n) is 9.24. The second-order valence-electron chi connectivity index (χ2n) is 3.44. The molecule has 0 aliphatic rings. The van der Waals surface area contributed by atoms with Gasteiger partial charge in [-0.05, 0) is 24.3 Å². The lowest BCUT2D eigenvalue weighted by atomic mass is 10.3. The molecule has 3 heteroatoms. The molecule has 0 bridgehead atoms. The predicted molar refractivity (Wildman–Crippen MR) is 66.7 cm³/mol. The van der Waals surface area contributed by atoms with Gasteiger partial charge in [0, 0.05) is 5.69 Å².